The maximum absolute atomic E-state index is 11.8. The summed E-state index contributed by atoms with van der Waals surface area (Å²) < 4.78 is 0. The van der Waals surface area contributed by atoms with Crippen molar-refractivity contribution in [3.63, 3.8) is 0 Å². The van der Waals surface area contributed by atoms with Crippen molar-refractivity contribution in [3.8, 4) is 0 Å². The fourth-order valence-electron chi connectivity index (χ4n) is 10.3. The van der Waals surface area contributed by atoms with E-state index >= 15 is 0 Å². The van der Waals surface area contributed by atoms with Crippen LogP contribution < -0.4 is 0 Å². The van der Waals surface area contributed by atoms with E-state index in [2.05, 4.69) is 54.5 Å². The van der Waals surface area contributed by atoms with Gasteiger partial charge in [-0.05, 0) is 124 Å². The van der Waals surface area contributed by atoms with E-state index in [4.69, 9.17) is 0 Å². The van der Waals surface area contributed by atoms with Crippen LogP contribution in [0.5, 0.6) is 0 Å². The molecule has 3 nitrogen and oxygen atoms in total. The number of rotatable bonds is 4. The zero-order valence-corrected chi connectivity index (χ0v) is 22.7. The van der Waals surface area contributed by atoms with Crippen LogP contribution in [0.3, 0.4) is 0 Å². The van der Waals surface area contributed by atoms with Gasteiger partial charge in [-0.25, -0.2) is 0 Å². The molecule has 4 aliphatic carbocycles. The summed E-state index contributed by atoms with van der Waals surface area (Å²) in [6, 6.07) is 0. The van der Waals surface area contributed by atoms with E-state index in [0.717, 1.165) is 44.9 Å². The largest absolute Gasteiger partial charge is 0.393 e. The predicted molar refractivity (Wildman–Crippen MR) is 136 cm³/mol. The molecule has 0 amide bonds. The van der Waals surface area contributed by atoms with Crippen LogP contribution in [0.4, 0.5) is 0 Å². The van der Waals surface area contributed by atoms with E-state index in [0.29, 0.717) is 11.8 Å². The van der Waals surface area contributed by atoms with Crippen LogP contribution in [-0.2, 0) is 0 Å². The molecule has 3 N–H and O–H groups in total. The molecule has 0 bridgehead atoms. The molecule has 4 aliphatic rings. The lowest BCUT2D eigenvalue weighted by atomic mass is 9.35. The Morgan fingerprint density at radius 1 is 0.909 bits per heavy atom. The Bertz CT molecular complexity index is 779. The van der Waals surface area contributed by atoms with E-state index in [1.807, 2.05) is 6.92 Å². The standard InChI is InChI=1S/C30H52O3/c1-19(2)10-9-14-30(8,33)20-11-16-29(7)25(20)21(31)18-23-27(5)15-13-24(32)26(3,4)22(27)12-17-28(23,29)6/h10,20-25,31-33H,9,11-18H2,1-8H3/t20-,21-,22+,23+,24+,25+,27-,28+,29+,30-/m0/s1. The summed E-state index contributed by atoms with van der Waals surface area (Å²) in [5.74, 6) is 1.31. The van der Waals surface area contributed by atoms with Crippen LogP contribution in [-0.4, -0.2) is 33.1 Å². The topological polar surface area (TPSA) is 60.7 Å². The van der Waals surface area contributed by atoms with Crippen molar-refractivity contribution in [1.82, 2.24) is 0 Å². The molecule has 0 spiro atoms. The SMILES string of the molecule is CC(C)=CCC[C@](C)(O)[C@H]1CC[C@]2(C)[C@H]1[C@@H](O)C[C@@H]1[C@@]3(C)CC[C@@H](O)C(C)(C)[C@H]3CC[C@]12C. The van der Waals surface area contributed by atoms with Crippen molar-refractivity contribution in [2.45, 2.75) is 131 Å². The van der Waals surface area contributed by atoms with E-state index < -0.39 is 5.60 Å². The zero-order chi connectivity index (χ0) is 24.6. The Morgan fingerprint density at radius 3 is 2.18 bits per heavy atom. The van der Waals surface area contributed by atoms with E-state index in [-0.39, 0.29) is 45.7 Å². The maximum Gasteiger partial charge on any atom is 0.0654 e. The Morgan fingerprint density at radius 2 is 1.55 bits per heavy atom. The molecule has 4 fully saturated rings. The number of aliphatic hydroxyl groups excluding tert-OH is 2. The minimum absolute atomic E-state index is 0.0503. The van der Waals surface area contributed by atoms with E-state index in [1.54, 1.807) is 0 Å². The Balaban J connectivity index is 1.66. The monoisotopic (exact) mass is 460 g/mol. The van der Waals surface area contributed by atoms with Crippen LogP contribution in [0.15, 0.2) is 11.6 Å². The van der Waals surface area contributed by atoms with Gasteiger partial charge in [-0.15, -0.1) is 0 Å². The van der Waals surface area contributed by atoms with Crippen LogP contribution >= 0.6 is 0 Å². The molecule has 4 saturated carbocycles. The van der Waals surface area contributed by atoms with E-state index in [9.17, 15) is 15.3 Å². The zero-order valence-electron chi connectivity index (χ0n) is 22.7. The van der Waals surface area contributed by atoms with Gasteiger partial charge in [-0.2, -0.15) is 0 Å². The van der Waals surface area contributed by atoms with Crippen LogP contribution in [0.2, 0.25) is 0 Å². The Hall–Kier alpha value is -0.380. The average molecular weight is 461 g/mol. The summed E-state index contributed by atoms with van der Waals surface area (Å²) in [6.07, 6.45) is 10.6. The van der Waals surface area contributed by atoms with Gasteiger partial charge in [0.15, 0.2) is 0 Å². The van der Waals surface area contributed by atoms with Crippen molar-refractivity contribution in [1.29, 1.82) is 0 Å². The molecule has 0 heterocycles. The van der Waals surface area contributed by atoms with Gasteiger partial charge in [0.1, 0.15) is 0 Å². The van der Waals surface area contributed by atoms with Gasteiger partial charge in [0.05, 0.1) is 17.8 Å². The maximum atomic E-state index is 11.8. The van der Waals surface area contributed by atoms with Gasteiger partial charge in [0, 0.05) is 0 Å². The lowest BCUT2D eigenvalue weighted by molar-refractivity contribution is -0.246. The van der Waals surface area contributed by atoms with Crippen LogP contribution in [0, 0.1) is 45.3 Å². The second kappa shape index (κ2) is 8.07. The molecular weight excluding hydrogens is 408 g/mol. The highest BCUT2D eigenvalue weighted by atomic mass is 16.3. The molecule has 0 radical (unpaired) electrons. The molecule has 0 aliphatic heterocycles. The van der Waals surface area contributed by atoms with Crippen LogP contribution in [0.25, 0.3) is 0 Å². The third-order valence-electron chi connectivity index (χ3n) is 12.4. The highest BCUT2D eigenvalue weighted by Crippen LogP contribution is 2.75. The van der Waals surface area contributed by atoms with Crippen molar-refractivity contribution < 1.29 is 15.3 Å². The highest BCUT2D eigenvalue weighted by Gasteiger charge is 2.71. The highest BCUT2D eigenvalue weighted by molar-refractivity contribution is 5.20. The Labute approximate surface area is 203 Å². The minimum Gasteiger partial charge on any atom is -0.393 e. The van der Waals surface area contributed by atoms with Crippen molar-refractivity contribution in [2.24, 2.45) is 45.3 Å². The molecule has 33 heavy (non-hydrogen) atoms. The van der Waals surface area contributed by atoms with Gasteiger partial charge < -0.3 is 15.3 Å². The van der Waals surface area contributed by atoms with Gasteiger partial charge in [-0.3, -0.25) is 0 Å². The number of hydrogen-bond donors (Lipinski definition) is 3. The molecular formula is C30H52O3. The number of hydrogen-bond acceptors (Lipinski definition) is 3. The molecule has 0 aromatic rings. The molecule has 3 heteroatoms. The number of aliphatic hydroxyl groups is 3. The predicted octanol–water partition coefficient (Wildman–Crippen LogP) is 6.50. The first-order valence-corrected chi connectivity index (χ1v) is 13.8. The fraction of sp³-hybridized carbons (Fsp3) is 0.933. The molecule has 10 atom stereocenters. The second-order valence-corrected chi connectivity index (χ2v) is 14.5. The summed E-state index contributed by atoms with van der Waals surface area (Å²) in [5, 5.41) is 34.3. The number of fused-ring (bicyclic) bond motifs is 5. The summed E-state index contributed by atoms with van der Waals surface area (Å²) in [5.41, 5.74) is 0.885. The quantitative estimate of drug-likeness (QED) is 0.420. The summed E-state index contributed by atoms with van der Waals surface area (Å²) in [6.45, 7) is 18.3. The van der Waals surface area contributed by atoms with Crippen molar-refractivity contribution >= 4 is 0 Å². The first-order chi connectivity index (χ1) is 15.1. The van der Waals surface area contributed by atoms with Gasteiger partial charge in [0.25, 0.3) is 0 Å². The van der Waals surface area contributed by atoms with E-state index in [1.165, 1.54) is 18.4 Å². The van der Waals surface area contributed by atoms with Crippen molar-refractivity contribution in [3.05, 3.63) is 11.6 Å². The smallest absolute Gasteiger partial charge is 0.0654 e. The summed E-state index contributed by atoms with van der Waals surface area (Å²) in [4.78, 5) is 0. The molecule has 0 aromatic heterocycles. The number of allylic oxidation sites excluding steroid dienone is 2. The van der Waals surface area contributed by atoms with Crippen molar-refractivity contribution in [2.75, 3.05) is 0 Å². The minimum atomic E-state index is -0.739. The van der Waals surface area contributed by atoms with Gasteiger partial charge >= 0.3 is 0 Å². The van der Waals surface area contributed by atoms with Gasteiger partial charge in [-0.1, -0.05) is 46.3 Å². The fourth-order valence-corrected chi connectivity index (χ4v) is 10.3. The Kier molecular flexibility index (Phi) is 6.28. The lowest BCUT2D eigenvalue weighted by Gasteiger charge is -2.70. The normalized spacial score (nSPS) is 50.5. The summed E-state index contributed by atoms with van der Waals surface area (Å²) >= 11 is 0. The molecule has 190 valence electrons. The third kappa shape index (κ3) is 3.61. The molecule has 0 aromatic carbocycles. The molecule has 0 saturated heterocycles. The average Bonchev–Trinajstić information content (AvgIpc) is 3.08. The molecule has 4 rings (SSSR count). The van der Waals surface area contributed by atoms with Gasteiger partial charge in [0.2, 0.25) is 0 Å². The lowest BCUT2D eigenvalue weighted by Crippen LogP contribution is -2.66. The summed E-state index contributed by atoms with van der Waals surface area (Å²) in [7, 11) is 0. The first kappa shape index (κ1) is 25.7. The molecule has 0 unspecified atom stereocenters. The van der Waals surface area contributed by atoms with Crippen LogP contribution in [0.1, 0.15) is 113 Å². The second-order valence-electron chi connectivity index (χ2n) is 14.5. The third-order valence-corrected chi connectivity index (χ3v) is 12.4. The first-order valence-electron chi connectivity index (χ1n) is 13.8.